The number of carbonyl (C=O) groups is 4. The van der Waals surface area contributed by atoms with Crippen molar-refractivity contribution >= 4 is 24.4 Å². The van der Waals surface area contributed by atoms with Crippen LogP contribution < -0.4 is 11.5 Å². The first kappa shape index (κ1) is 15.3. The third kappa shape index (κ3) is 5.24. The van der Waals surface area contributed by atoms with E-state index in [9.17, 15) is 19.2 Å². The monoisotopic (exact) mass is 242 g/mol. The molecule has 0 radical (unpaired) electrons. The van der Waals surface area contributed by atoms with Gasteiger partial charge in [-0.1, -0.05) is 19.3 Å². The highest BCUT2D eigenvalue weighted by Crippen LogP contribution is 2.20. The van der Waals surface area contributed by atoms with Crippen LogP contribution in [0.25, 0.3) is 0 Å². The zero-order valence-corrected chi connectivity index (χ0v) is 9.69. The van der Waals surface area contributed by atoms with Crippen molar-refractivity contribution in [1.29, 1.82) is 0 Å². The van der Waals surface area contributed by atoms with Crippen molar-refractivity contribution in [3.8, 4) is 0 Å². The van der Waals surface area contributed by atoms with Crippen LogP contribution in [0.15, 0.2) is 0 Å². The number of primary amides is 2. The Bertz CT molecular complexity index is 294. The predicted molar refractivity (Wildman–Crippen MR) is 60.7 cm³/mol. The molecule has 0 aliphatic heterocycles. The summed E-state index contributed by atoms with van der Waals surface area (Å²) in [5.41, 5.74) is 8.29. The largest absolute Gasteiger partial charge is 0.370 e. The normalized spacial score (nSPS) is 10.8. The maximum Gasteiger partial charge on any atom is 0.238 e. The minimum absolute atomic E-state index is 0.117. The lowest BCUT2D eigenvalue weighted by molar-refractivity contribution is -0.139. The average Bonchev–Trinajstić information content (AvgIpc) is 2.28. The van der Waals surface area contributed by atoms with Crippen molar-refractivity contribution < 1.29 is 19.2 Å². The molecule has 0 aromatic heterocycles. The van der Waals surface area contributed by atoms with Gasteiger partial charge < -0.3 is 21.1 Å². The summed E-state index contributed by atoms with van der Waals surface area (Å²) in [4.78, 5) is 42.9. The number of amides is 2. The summed E-state index contributed by atoms with van der Waals surface area (Å²) in [5.74, 6) is -1.27. The van der Waals surface area contributed by atoms with Gasteiger partial charge in [0.05, 0.1) is 0 Å². The number of aldehydes is 2. The van der Waals surface area contributed by atoms with E-state index in [1.807, 2.05) is 0 Å². The summed E-state index contributed by atoms with van der Waals surface area (Å²) in [6.45, 7) is 0. The van der Waals surface area contributed by atoms with Crippen LogP contribution in [-0.2, 0) is 19.2 Å². The molecule has 0 unspecified atom stereocenters. The maximum atomic E-state index is 11.0. The van der Waals surface area contributed by atoms with E-state index in [4.69, 9.17) is 11.5 Å². The van der Waals surface area contributed by atoms with Crippen molar-refractivity contribution in [3.63, 3.8) is 0 Å². The highest BCUT2D eigenvalue weighted by atomic mass is 16.2. The summed E-state index contributed by atoms with van der Waals surface area (Å²) >= 11 is 0. The summed E-state index contributed by atoms with van der Waals surface area (Å²) in [6, 6.07) is 0. The fraction of sp³-hybridized carbons (Fsp3) is 0.636. The minimum Gasteiger partial charge on any atom is -0.370 e. The molecule has 0 spiro atoms. The topological polar surface area (TPSA) is 120 Å². The third-order valence-electron chi connectivity index (χ3n) is 2.64. The van der Waals surface area contributed by atoms with Crippen LogP contribution >= 0.6 is 0 Å². The Labute approximate surface area is 99.7 Å². The molecule has 6 nitrogen and oxygen atoms in total. The molecule has 0 fully saturated rings. The summed E-state index contributed by atoms with van der Waals surface area (Å²) < 4.78 is 0. The Kier molecular flexibility index (Phi) is 6.77. The Morgan fingerprint density at radius 1 is 0.941 bits per heavy atom. The molecule has 0 aliphatic carbocycles. The lowest BCUT2D eigenvalue weighted by atomic mass is 9.85. The molecule has 96 valence electrons. The van der Waals surface area contributed by atoms with Crippen LogP contribution in [0.2, 0.25) is 0 Å². The van der Waals surface area contributed by atoms with Gasteiger partial charge in [-0.2, -0.15) is 0 Å². The Balaban J connectivity index is 3.92. The van der Waals surface area contributed by atoms with Gasteiger partial charge in [-0.05, 0) is 12.8 Å². The van der Waals surface area contributed by atoms with E-state index in [-0.39, 0.29) is 12.3 Å². The maximum absolute atomic E-state index is 11.0. The van der Waals surface area contributed by atoms with Gasteiger partial charge in [0.2, 0.25) is 11.8 Å². The first-order valence-electron chi connectivity index (χ1n) is 5.49. The van der Waals surface area contributed by atoms with Crippen molar-refractivity contribution in [2.75, 3.05) is 0 Å². The van der Waals surface area contributed by atoms with Gasteiger partial charge >= 0.3 is 0 Å². The molecule has 0 aromatic rings. The molecule has 0 aliphatic rings. The molecule has 2 amide bonds. The fourth-order valence-electron chi connectivity index (χ4n) is 1.46. The third-order valence-corrected chi connectivity index (χ3v) is 2.64. The molecule has 6 heteroatoms. The number of rotatable bonds is 10. The molecule has 0 bridgehead atoms. The van der Waals surface area contributed by atoms with Gasteiger partial charge in [0, 0.05) is 6.42 Å². The van der Waals surface area contributed by atoms with Gasteiger partial charge in [0.15, 0.2) is 5.41 Å². The van der Waals surface area contributed by atoms with Gasteiger partial charge in [-0.25, -0.2) is 0 Å². The van der Waals surface area contributed by atoms with Crippen LogP contribution in [0, 0.1) is 5.41 Å². The highest BCUT2D eigenvalue weighted by molar-refractivity contribution is 6.09. The Hall–Kier alpha value is -1.72. The van der Waals surface area contributed by atoms with E-state index in [1.54, 1.807) is 0 Å². The molecule has 17 heavy (non-hydrogen) atoms. The standard InChI is InChI=1S/C11H18N2O4/c12-9(16)5-3-1-2-4-6-11(7-14,8-15)10(13)17/h7-8H,1-6H2,(H2,12,16)(H2,13,17). The molecule has 0 atom stereocenters. The Morgan fingerprint density at radius 2 is 1.47 bits per heavy atom. The van der Waals surface area contributed by atoms with Crippen LogP contribution in [0.5, 0.6) is 0 Å². The molecule has 0 saturated heterocycles. The summed E-state index contributed by atoms with van der Waals surface area (Å²) in [5, 5.41) is 0. The number of carbonyl (C=O) groups excluding carboxylic acids is 4. The van der Waals surface area contributed by atoms with E-state index < -0.39 is 11.3 Å². The number of nitrogens with two attached hydrogens (primary N) is 2. The molecule has 0 saturated carbocycles. The van der Waals surface area contributed by atoms with Crippen molar-refractivity contribution in [2.24, 2.45) is 16.9 Å². The lowest BCUT2D eigenvalue weighted by Crippen LogP contribution is -2.40. The van der Waals surface area contributed by atoms with Crippen molar-refractivity contribution in [1.82, 2.24) is 0 Å². The number of hydrogen-bond donors (Lipinski definition) is 2. The number of hydrogen-bond acceptors (Lipinski definition) is 4. The van der Waals surface area contributed by atoms with E-state index >= 15 is 0 Å². The van der Waals surface area contributed by atoms with Crippen LogP contribution in [0.1, 0.15) is 38.5 Å². The molecule has 0 heterocycles. The van der Waals surface area contributed by atoms with E-state index in [0.29, 0.717) is 38.3 Å². The summed E-state index contributed by atoms with van der Waals surface area (Å²) in [6.07, 6.45) is 3.70. The smallest absolute Gasteiger partial charge is 0.238 e. The second-order valence-corrected chi connectivity index (χ2v) is 4.02. The first-order chi connectivity index (χ1) is 7.98. The van der Waals surface area contributed by atoms with Crippen molar-refractivity contribution in [2.45, 2.75) is 38.5 Å². The van der Waals surface area contributed by atoms with Crippen LogP contribution in [-0.4, -0.2) is 24.4 Å². The van der Waals surface area contributed by atoms with Crippen LogP contribution in [0.3, 0.4) is 0 Å². The van der Waals surface area contributed by atoms with Gasteiger partial charge in [0.25, 0.3) is 0 Å². The zero-order chi connectivity index (χ0) is 13.3. The quantitative estimate of drug-likeness (QED) is 0.310. The van der Waals surface area contributed by atoms with Gasteiger partial charge in [-0.15, -0.1) is 0 Å². The second-order valence-electron chi connectivity index (χ2n) is 4.02. The molecular formula is C11H18N2O4. The molecule has 0 rings (SSSR count). The molecular weight excluding hydrogens is 224 g/mol. The first-order valence-corrected chi connectivity index (χ1v) is 5.49. The van der Waals surface area contributed by atoms with Gasteiger partial charge in [0.1, 0.15) is 12.6 Å². The average molecular weight is 242 g/mol. The molecule has 0 aromatic carbocycles. The number of unbranched alkanes of at least 4 members (excludes halogenated alkanes) is 3. The lowest BCUT2D eigenvalue weighted by Gasteiger charge is -2.16. The minimum atomic E-state index is -1.69. The van der Waals surface area contributed by atoms with E-state index in [1.165, 1.54) is 0 Å². The van der Waals surface area contributed by atoms with E-state index in [2.05, 4.69) is 0 Å². The van der Waals surface area contributed by atoms with E-state index in [0.717, 1.165) is 6.42 Å². The fourth-order valence-corrected chi connectivity index (χ4v) is 1.46. The zero-order valence-electron chi connectivity index (χ0n) is 9.69. The Morgan fingerprint density at radius 3 is 1.88 bits per heavy atom. The summed E-state index contributed by atoms with van der Waals surface area (Å²) in [7, 11) is 0. The van der Waals surface area contributed by atoms with Crippen molar-refractivity contribution in [3.05, 3.63) is 0 Å². The van der Waals surface area contributed by atoms with Gasteiger partial charge in [-0.3, -0.25) is 9.59 Å². The van der Waals surface area contributed by atoms with Crippen LogP contribution in [0.4, 0.5) is 0 Å². The SMILES string of the molecule is NC(=O)CCCCCCC(C=O)(C=O)C(N)=O. The highest BCUT2D eigenvalue weighted by Gasteiger charge is 2.35. The predicted octanol–water partition coefficient (Wildman–Crippen LogP) is -0.318. The molecule has 4 N–H and O–H groups in total. The second kappa shape index (κ2) is 7.54.